The first-order valence-electron chi connectivity index (χ1n) is 6.64. The molecule has 0 atom stereocenters. The number of nitro groups is 1. The molecule has 0 saturated heterocycles. The summed E-state index contributed by atoms with van der Waals surface area (Å²) in [5.74, 6) is 0.729. The van der Waals surface area contributed by atoms with E-state index in [4.69, 9.17) is 0 Å². The van der Waals surface area contributed by atoms with Crippen molar-refractivity contribution in [1.29, 1.82) is 0 Å². The molecule has 0 radical (unpaired) electrons. The molecule has 0 aromatic carbocycles. The van der Waals surface area contributed by atoms with Crippen LogP contribution in [-0.4, -0.2) is 21.0 Å². The van der Waals surface area contributed by atoms with Crippen molar-refractivity contribution in [2.45, 2.75) is 19.9 Å². The highest BCUT2D eigenvalue weighted by atomic mass is 16.6. The molecule has 2 aromatic rings. The van der Waals surface area contributed by atoms with E-state index in [0.717, 1.165) is 24.3 Å². The molecule has 2 aromatic heterocycles. The molecule has 2 rings (SSSR count). The van der Waals surface area contributed by atoms with Gasteiger partial charge in [-0.25, -0.2) is 4.98 Å². The maximum absolute atomic E-state index is 12.0. The Balaban J connectivity index is 2.24. The smallest absolute Gasteiger partial charge is 0.334 e. The predicted molar refractivity (Wildman–Crippen MR) is 79.5 cm³/mol. The molecular formula is C14H16N4O3. The topological polar surface area (TPSA) is 90.1 Å². The molecule has 0 saturated carbocycles. The van der Waals surface area contributed by atoms with Crippen molar-refractivity contribution < 1.29 is 4.92 Å². The third-order valence-electron chi connectivity index (χ3n) is 2.93. The molecule has 0 unspecified atom stereocenters. The molecule has 7 nitrogen and oxygen atoms in total. The number of pyridine rings is 2. The minimum atomic E-state index is -0.667. The molecular weight excluding hydrogens is 272 g/mol. The summed E-state index contributed by atoms with van der Waals surface area (Å²) in [6.45, 7) is 3.14. The van der Waals surface area contributed by atoms with Gasteiger partial charge in [-0.2, -0.15) is 0 Å². The second-order valence-electron chi connectivity index (χ2n) is 4.56. The molecule has 0 aliphatic heterocycles. The Bertz CT molecular complexity index is 697. The van der Waals surface area contributed by atoms with Gasteiger partial charge in [-0.3, -0.25) is 14.9 Å². The molecule has 0 amide bonds. The van der Waals surface area contributed by atoms with Gasteiger partial charge in [-0.05, 0) is 30.2 Å². The lowest BCUT2D eigenvalue weighted by atomic mass is 10.2. The molecule has 0 bridgehead atoms. The summed E-state index contributed by atoms with van der Waals surface area (Å²) in [4.78, 5) is 26.2. The summed E-state index contributed by atoms with van der Waals surface area (Å²) in [6.07, 6.45) is 4.17. The zero-order valence-electron chi connectivity index (χ0n) is 11.7. The summed E-state index contributed by atoms with van der Waals surface area (Å²) >= 11 is 0. The van der Waals surface area contributed by atoms with Crippen LogP contribution in [0.4, 0.5) is 11.5 Å². The van der Waals surface area contributed by atoms with Gasteiger partial charge in [0.15, 0.2) is 0 Å². The predicted octanol–water partition coefficient (Wildman–Crippen LogP) is 2.02. The van der Waals surface area contributed by atoms with Crippen LogP contribution < -0.4 is 10.9 Å². The van der Waals surface area contributed by atoms with Gasteiger partial charge in [-0.1, -0.05) is 6.92 Å². The fourth-order valence-corrected chi connectivity index (χ4v) is 1.91. The molecule has 0 aliphatic carbocycles. The van der Waals surface area contributed by atoms with Crippen molar-refractivity contribution in [2.24, 2.45) is 0 Å². The average molecular weight is 288 g/mol. The van der Waals surface area contributed by atoms with Crippen LogP contribution in [0.25, 0.3) is 0 Å². The lowest BCUT2D eigenvalue weighted by Gasteiger charge is -2.08. The fourth-order valence-electron chi connectivity index (χ4n) is 1.91. The molecule has 0 spiro atoms. The van der Waals surface area contributed by atoms with Crippen LogP contribution in [0, 0.1) is 10.1 Å². The molecule has 0 fully saturated rings. The van der Waals surface area contributed by atoms with Gasteiger partial charge in [-0.15, -0.1) is 0 Å². The molecule has 21 heavy (non-hydrogen) atoms. The third kappa shape index (κ3) is 3.65. The Labute approximate surface area is 121 Å². The number of hydrogen-bond donors (Lipinski definition) is 1. The zero-order valence-corrected chi connectivity index (χ0v) is 11.7. The summed E-state index contributed by atoms with van der Waals surface area (Å²) in [6, 6.07) is 6.32. The van der Waals surface area contributed by atoms with E-state index in [9.17, 15) is 14.9 Å². The van der Waals surface area contributed by atoms with Crippen molar-refractivity contribution in [3.8, 4) is 0 Å². The SMILES string of the molecule is CCCNc1cc(Cn2cccc([N+](=O)[O-])c2=O)ccn1. The lowest BCUT2D eigenvalue weighted by Crippen LogP contribution is -2.22. The fraction of sp³-hybridized carbons (Fsp3) is 0.286. The first-order valence-corrected chi connectivity index (χ1v) is 6.64. The normalized spacial score (nSPS) is 10.3. The van der Waals surface area contributed by atoms with Gasteiger partial charge >= 0.3 is 11.2 Å². The minimum absolute atomic E-state index is 0.268. The summed E-state index contributed by atoms with van der Waals surface area (Å²) < 4.78 is 1.32. The van der Waals surface area contributed by atoms with Gasteiger partial charge in [0.2, 0.25) is 0 Å². The van der Waals surface area contributed by atoms with Crippen molar-refractivity contribution in [3.05, 3.63) is 62.7 Å². The van der Waals surface area contributed by atoms with Gasteiger partial charge in [0.05, 0.1) is 11.5 Å². The largest absolute Gasteiger partial charge is 0.370 e. The second kappa shape index (κ2) is 6.65. The first-order chi connectivity index (χ1) is 10.1. The number of anilines is 1. The van der Waals surface area contributed by atoms with E-state index in [1.165, 1.54) is 22.9 Å². The Kier molecular flexibility index (Phi) is 4.65. The van der Waals surface area contributed by atoms with Crippen LogP contribution in [-0.2, 0) is 6.54 Å². The molecule has 0 aliphatic rings. The molecule has 2 heterocycles. The highest BCUT2D eigenvalue weighted by molar-refractivity contribution is 5.37. The van der Waals surface area contributed by atoms with Crippen molar-refractivity contribution in [1.82, 2.24) is 9.55 Å². The van der Waals surface area contributed by atoms with Crippen LogP contribution in [0.1, 0.15) is 18.9 Å². The number of rotatable bonds is 6. The minimum Gasteiger partial charge on any atom is -0.370 e. The zero-order chi connectivity index (χ0) is 15.2. The number of aromatic nitrogens is 2. The quantitative estimate of drug-likeness (QED) is 0.648. The Morgan fingerprint density at radius 1 is 1.43 bits per heavy atom. The maximum atomic E-state index is 12.0. The number of nitrogens with zero attached hydrogens (tertiary/aromatic N) is 3. The van der Waals surface area contributed by atoms with E-state index in [0.29, 0.717) is 0 Å². The first kappa shape index (κ1) is 14.7. The molecule has 110 valence electrons. The van der Waals surface area contributed by atoms with Crippen LogP contribution in [0.15, 0.2) is 41.5 Å². The van der Waals surface area contributed by atoms with Crippen molar-refractivity contribution >= 4 is 11.5 Å². The summed E-state index contributed by atoms with van der Waals surface area (Å²) in [5, 5.41) is 13.9. The average Bonchev–Trinajstić information content (AvgIpc) is 2.47. The Morgan fingerprint density at radius 2 is 2.24 bits per heavy atom. The van der Waals surface area contributed by atoms with E-state index in [1.807, 2.05) is 6.07 Å². The Morgan fingerprint density at radius 3 is 2.95 bits per heavy atom. The van der Waals surface area contributed by atoms with Crippen LogP contribution in [0.5, 0.6) is 0 Å². The number of hydrogen-bond acceptors (Lipinski definition) is 5. The van der Waals surface area contributed by atoms with Crippen molar-refractivity contribution in [3.63, 3.8) is 0 Å². The van der Waals surface area contributed by atoms with E-state index in [-0.39, 0.29) is 6.54 Å². The third-order valence-corrected chi connectivity index (χ3v) is 2.93. The van der Waals surface area contributed by atoms with E-state index in [1.54, 1.807) is 12.3 Å². The highest BCUT2D eigenvalue weighted by Gasteiger charge is 2.13. The summed E-state index contributed by atoms with van der Waals surface area (Å²) in [5.41, 5.74) is -0.176. The van der Waals surface area contributed by atoms with Gasteiger partial charge < -0.3 is 9.88 Å². The maximum Gasteiger partial charge on any atom is 0.334 e. The molecule has 1 N–H and O–H groups in total. The van der Waals surface area contributed by atoms with Gasteiger partial charge in [0.25, 0.3) is 0 Å². The standard InChI is InChI=1S/C14H16N4O3/c1-2-6-15-13-9-11(5-7-16-13)10-17-8-3-4-12(14(17)19)18(20)21/h3-5,7-9H,2,6,10H2,1H3,(H,15,16). The van der Waals surface area contributed by atoms with E-state index < -0.39 is 16.2 Å². The summed E-state index contributed by atoms with van der Waals surface area (Å²) in [7, 11) is 0. The van der Waals surface area contributed by atoms with Gasteiger partial charge in [0, 0.05) is 25.0 Å². The van der Waals surface area contributed by atoms with Crippen LogP contribution in [0.3, 0.4) is 0 Å². The lowest BCUT2D eigenvalue weighted by molar-refractivity contribution is -0.386. The highest BCUT2D eigenvalue weighted by Crippen LogP contribution is 2.09. The van der Waals surface area contributed by atoms with E-state index in [2.05, 4.69) is 17.2 Å². The van der Waals surface area contributed by atoms with Crippen LogP contribution in [0.2, 0.25) is 0 Å². The van der Waals surface area contributed by atoms with Gasteiger partial charge in [0.1, 0.15) is 5.82 Å². The van der Waals surface area contributed by atoms with E-state index >= 15 is 0 Å². The van der Waals surface area contributed by atoms with Crippen molar-refractivity contribution in [2.75, 3.05) is 11.9 Å². The number of nitrogens with one attached hydrogen (secondary N) is 1. The Hall–Kier alpha value is -2.70. The van der Waals surface area contributed by atoms with Crippen LogP contribution >= 0.6 is 0 Å². The monoisotopic (exact) mass is 288 g/mol. The second-order valence-corrected chi connectivity index (χ2v) is 4.56. The molecule has 7 heteroatoms.